The van der Waals surface area contributed by atoms with Gasteiger partial charge < -0.3 is 8.98 Å². The summed E-state index contributed by atoms with van der Waals surface area (Å²) in [6.07, 6.45) is 0. The van der Waals surface area contributed by atoms with Crippen LogP contribution in [-0.2, 0) is 0 Å². The Morgan fingerprint density at radius 3 is 1.71 bits per heavy atom. The van der Waals surface area contributed by atoms with Gasteiger partial charge in [-0.2, -0.15) is 0 Å². The Morgan fingerprint density at radius 1 is 0.397 bits per heavy atom. The third-order valence-electron chi connectivity index (χ3n) is 11.9. The molecule has 5 aromatic heterocycles. The summed E-state index contributed by atoms with van der Waals surface area (Å²) in [7, 11) is 0. The number of para-hydroxylation sites is 3. The van der Waals surface area contributed by atoms with Crippen molar-refractivity contribution in [2.24, 2.45) is 0 Å². The summed E-state index contributed by atoms with van der Waals surface area (Å²) in [4.78, 5) is 26.3. The number of aromatic nitrogens is 6. The third kappa shape index (κ3) is 5.62. The van der Waals surface area contributed by atoms with E-state index in [0.717, 1.165) is 103 Å². The van der Waals surface area contributed by atoms with Crippen molar-refractivity contribution in [3.63, 3.8) is 0 Å². The maximum absolute atomic E-state index is 6.92. The van der Waals surface area contributed by atoms with Gasteiger partial charge in [0.1, 0.15) is 11.2 Å². The van der Waals surface area contributed by atoms with Crippen LogP contribution in [0.5, 0.6) is 0 Å². The molecule has 13 rings (SSSR count). The molecule has 0 aliphatic carbocycles. The second kappa shape index (κ2) is 14.1. The van der Waals surface area contributed by atoms with E-state index in [1.165, 1.54) is 0 Å². The fourth-order valence-corrected chi connectivity index (χ4v) is 10.3. The van der Waals surface area contributed by atoms with Gasteiger partial charge in [-0.3, -0.25) is 0 Å². The number of hydrogen-bond acceptors (Lipinski definition) is 7. The molecule has 0 fully saturated rings. The van der Waals surface area contributed by atoms with Crippen LogP contribution >= 0.6 is 11.3 Å². The standard InChI is InChI=1S/C55H32N6OS/c1-4-17-33(18-5-1)52-56-48-37-24-11-13-32-45(37)63-51(48)49(57-52)41-28-14-25-38-47-40(27-16-31-44(47)62-50(38)41)55-59-53(34-19-6-2-7-20-34)58-54(60-55)39-26-15-30-43-46(39)36-23-10-12-29-42(36)61(43)35-21-8-3-9-22-35/h1-32H. The van der Waals surface area contributed by atoms with Crippen molar-refractivity contribution in [3.8, 4) is 62.5 Å². The zero-order valence-electron chi connectivity index (χ0n) is 33.5. The summed E-state index contributed by atoms with van der Waals surface area (Å²) in [5.41, 5.74) is 11.0. The van der Waals surface area contributed by atoms with Crippen molar-refractivity contribution in [1.29, 1.82) is 0 Å². The van der Waals surface area contributed by atoms with E-state index in [0.29, 0.717) is 23.3 Å². The van der Waals surface area contributed by atoms with Crippen LogP contribution in [0.25, 0.3) is 127 Å². The van der Waals surface area contributed by atoms with E-state index in [9.17, 15) is 0 Å². The van der Waals surface area contributed by atoms with E-state index in [2.05, 4.69) is 132 Å². The molecule has 0 spiro atoms. The summed E-state index contributed by atoms with van der Waals surface area (Å²) >= 11 is 1.71. The molecule has 294 valence electrons. The van der Waals surface area contributed by atoms with E-state index >= 15 is 0 Å². The van der Waals surface area contributed by atoms with Crippen LogP contribution in [0.3, 0.4) is 0 Å². The van der Waals surface area contributed by atoms with Crippen LogP contribution in [0.1, 0.15) is 0 Å². The minimum Gasteiger partial charge on any atom is -0.455 e. The van der Waals surface area contributed by atoms with Gasteiger partial charge in [0.2, 0.25) is 0 Å². The van der Waals surface area contributed by atoms with Gasteiger partial charge in [-0.05, 0) is 42.5 Å². The molecule has 0 atom stereocenters. The van der Waals surface area contributed by atoms with Gasteiger partial charge in [0.05, 0.1) is 26.9 Å². The van der Waals surface area contributed by atoms with Gasteiger partial charge in [0.25, 0.3) is 0 Å². The minimum absolute atomic E-state index is 0.557. The summed E-state index contributed by atoms with van der Waals surface area (Å²) in [5.74, 6) is 2.41. The van der Waals surface area contributed by atoms with Crippen molar-refractivity contribution in [2.75, 3.05) is 0 Å². The Bertz CT molecular complexity index is 3910. The monoisotopic (exact) mass is 824 g/mol. The maximum Gasteiger partial charge on any atom is 0.164 e. The summed E-state index contributed by atoms with van der Waals surface area (Å²) in [5, 5.41) is 5.19. The first-order chi connectivity index (χ1) is 31.2. The normalized spacial score (nSPS) is 11.8. The molecule has 7 nitrogen and oxygen atoms in total. The van der Waals surface area contributed by atoms with Crippen LogP contribution in [0.15, 0.2) is 199 Å². The molecule has 0 bridgehead atoms. The molecule has 13 aromatic rings. The zero-order valence-corrected chi connectivity index (χ0v) is 34.3. The predicted molar refractivity (Wildman–Crippen MR) is 257 cm³/mol. The first-order valence-electron chi connectivity index (χ1n) is 20.8. The zero-order chi connectivity index (χ0) is 41.4. The van der Waals surface area contributed by atoms with E-state index < -0.39 is 0 Å². The topological polar surface area (TPSA) is 82.5 Å². The van der Waals surface area contributed by atoms with Gasteiger partial charge in [-0.25, -0.2) is 24.9 Å². The molecule has 5 heterocycles. The summed E-state index contributed by atoms with van der Waals surface area (Å²) in [6.45, 7) is 0. The molecule has 63 heavy (non-hydrogen) atoms. The van der Waals surface area contributed by atoms with Crippen LogP contribution in [0, 0.1) is 0 Å². The second-order valence-electron chi connectivity index (χ2n) is 15.6. The number of thiophene rings is 1. The molecule has 0 radical (unpaired) electrons. The van der Waals surface area contributed by atoms with E-state index in [1.807, 2.05) is 66.7 Å². The van der Waals surface area contributed by atoms with E-state index in [1.54, 1.807) is 11.3 Å². The number of benzene rings is 8. The Kier molecular flexibility index (Phi) is 7.94. The number of nitrogens with zero attached hydrogens (tertiary/aromatic N) is 6. The highest BCUT2D eigenvalue weighted by Crippen LogP contribution is 2.45. The fourth-order valence-electron chi connectivity index (χ4n) is 9.10. The molecular formula is C55H32N6OS. The largest absolute Gasteiger partial charge is 0.455 e. The fraction of sp³-hybridized carbons (Fsp3) is 0. The van der Waals surface area contributed by atoms with Crippen molar-refractivity contribution in [3.05, 3.63) is 194 Å². The molecular weight excluding hydrogens is 793 g/mol. The Balaban J connectivity index is 1.06. The molecule has 0 saturated carbocycles. The third-order valence-corrected chi connectivity index (χ3v) is 13.1. The second-order valence-corrected chi connectivity index (χ2v) is 16.6. The predicted octanol–water partition coefficient (Wildman–Crippen LogP) is 14.4. The molecule has 8 aromatic carbocycles. The Labute approximate surface area is 364 Å². The average molecular weight is 825 g/mol. The summed E-state index contributed by atoms with van der Waals surface area (Å²) < 4.78 is 11.4. The Morgan fingerprint density at radius 2 is 0.952 bits per heavy atom. The van der Waals surface area contributed by atoms with Crippen LogP contribution in [0.4, 0.5) is 0 Å². The lowest BCUT2D eigenvalue weighted by atomic mass is 10.0. The van der Waals surface area contributed by atoms with Crippen molar-refractivity contribution in [1.82, 2.24) is 29.5 Å². The average Bonchev–Trinajstić information content (AvgIpc) is 4.04. The van der Waals surface area contributed by atoms with Crippen LogP contribution in [-0.4, -0.2) is 29.5 Å². The van der Waals surface area contributed by atoms with Crippen molar-refractivity contribution in [2.45, 2.75) is 0 Å². The van der Waals surface area contributed by atoms with Gasteiger partial charge in [-0.15, -0.1) is 11.3 Å². The molecule has 0 amide bonds. The molecule has 0 saturated heterocycles. The first kappa shape index (κ1) is 35.4. The number of fused-ring (bicyclic) bond motifs is 9. The minimum atomic E-state index is 0.557. The van der Waals surface area contributed by atoms with Gasteiger partial charge in [0, 0.05) is 65.1 Å². The van der Waals surface area contributed by atoms with E-state index in [4.69, 9.17) is 29.3 Å². The smallest absolute Gasteiger partial charge is 0.164 e. The lowest BCUT2D eigenvalue weighted by Crippen LogP contribution is -2.01. The highest BCUT2D eigenvalue weighted by Gasteiger charge is 2.24. The number of furan rings is 1. The molecule has 0 unspecified atom stereocenters. The first-order valence-corrected chi connectivity index (χ1v) is 21.7. The highest BCUT2D eigenvalue weighted by molar-refractivity contribution is 7.26. The lowest BCUT2D eigenvalue weighted by molar-refractivity contribution is 0.670. The number of hydrogen-bond donors (Lipinski definition) is 0. The number of rotatable bonds is 6. The molecule has 0 aliphatic rings. The Hall–Kier alpha value is -8.33. The van der Waals surface area contributed by atoms with Crippen molar-refractivity contribution >= 4 is 75.4 Å². The highest BCUT2D eigenvalue weighted by atomic mass is 32.1. The van der Waals surface area contributed by atoms with Gasteiger partial charge in [0.15, 0.2) is 23.3 Å². The lowest BCUT2D eigenvalue weighted by Gasteiger charge is -2.11. The quantitative estimate of drug-likeness (QED) is 0.166. The van der Waals surface area contributed by atoms with E-state index in [-0.39, 0.29) is 0 Å². The molecule has 8 heteroatoms. The van der Waals surface area contributed by atoms with Gasteiger partial charge in [-0.1, -0.05) is 152 Å². The van der Waals surface area contributed by atoms with Gasteiger partial charge >= 0.3 is 0 Å². The van der Waals surface area contributed by atoms with Crippen LogP contribution in [0.2, 0.25) is 0 Å². The summed E-state index contributed by atoms with van der Waals surface area (Å²) in [6, 6.07) is 66.6. The SMILES string of the molecule is c1ccc(-c2nc(-c3cccc4oc5c(-c6nc(-c7ccccc7)nc7c6sc6ccccc67)cccc5c34)nc(-c3cccc4c3c3ccccc3n4-c3ccccc3)n2)cc1. The maximum atomic E-state index is 6.92. The molecule has 0 N–H and O–H groups in total. The molecule has 0 aliphatic heterocycles. The van der Waals surface area contributed by atoms with Crippen molar-refractivity contribution < 1.29 is 4.42 Å². The van der Waals surface area contributed by atoms with Crippen LogP contribution < -0.4 is 0 Å².